The van der Waals surface area contributed by atoms with Crippen molar-refractivity contribution in [2.45, 2.75) is 18.9 Å². The molecule has 0 saturated carbocycles. The topological polar surface area (TPSA) is 49.2 Å². The second-order valence-electron chi connectivity index (χ2n) is 4.04. The molecule has 0 unspecified atom stereocenters. The Labute approximate surface area is 97.6 Å². The van der Waals surface area contributed by atoms with Gasteiger partial charge >= 0.3 is 0 Å². The number of nitrogens with zero attached hydrogens (tertiary/aromatic N) is 3. The van der Waals surface area contributed by atoms with E-state index in [2.05, 4.69) is 14.9 Å². The molecule has 0 atom stereocenters. The van der Waals surface area contributed by atoms with Crippen molar-refractivity contribution in [1.29, 1.82) is 0 Å². The normalized spacial score (nSPS) is 18.2. The fourth-order valence-corrected chi connectivity index (χ4v) is 2.91. The van der Waals surface area contributed by atoms with Crippen LogP contribution < -0.4 is 4.90 Å². The minimum atomic E-state index is -0.135. The fraction of sp³-hybridized carbons (Fsp3) is 0.455. The van der Waals surface area contributed by atoms with E-state index >= 15 is 0 Å². The summed E-state index contributed by atoms with van der Waals surface area (Å²) in [5, 5.41) is 10.5. The number of piperidine rings is 1. The van der Waals surface area contributed by atoms with Gasteiger partial charge in [0.2, 0.25) is 0 Å². The molecule has 84 valence electrons. The van der Waals surface area contributed by atoms with E-state index < -0.39 is 0 Å². The standard InChI is InChI=1S/C11H13N3OS/c15-8-3-6-14(7-4-8)11-13-9-2-1-5-12-10(9)16-11/h1-2,5,8,15H,3-4,6-7H2. The molecule has 1 aliphatic rings. The van der Waals surface area contributed by atoms with E-state index in [0.29, 0.717) is 0 Å². The minimum Gasteiger partial charge on any atom is -0.393 e. The maximum Gasteiger partial charge on any atom is 0.187 e. The number of pyridine rings is 1. The van der Waals surface area contributed by atoms with Crippen molar-refractivity contribution in [2.24, 2.45) is 0 Å². The quantitative estimate of drug-likeness (QED) is 0.816. The molecule has 0 amide bonds. The molecule has 0 aromatic carbocycles. The Morgan fingerprint density at radius 1 is 1.38 bits per heavy atom. The lowest BCUT2D eigenvalue weighted by molar-refractivity contribution is 0.145. The van der Waals surface area contributed by atoms with Crippen LogP contribution in [0.1, 0.15) is 12.8 Å². The van der Waals surface area contributed by atoms with E-state index in [-0.39, 0.29) is 6.10 Å². The smallest absolute Gasteiger partial charge is 0.187 e. The largest absolute Gasteiger partial charge is 0.393 e. The number of aliphatic hydroxyl groups is 1. The van der Waals surface area contributed by atoms with Crippen molar-refractivity contribution < 1.29 is 5.11 Å². The third-order valence-corrected chi connectivity index (χ3v) is 3.93. The van der Waals surface area contributed by atoms with Crippen LogP contribution in [0.25, 0.3) is 10.3 Å². The Bertz CT molecular complexity index is 458. The van der Waals surface area contributed by atoms with Gasteiger partial charge in [-0.1, -0.05) is 11.3 Å². The first-order valence-corrected chi connectivity index (χ1v) is 6.29. The molecule has 1 saturated heterocycles. The van der Waals surface area contributed by atoms with Gasteiger partial charge in [0.15, 0.2) is 5.13 Å². The molecule has 4 nitrogen and oxygen atoms in total. The van der Waals surface area contributed by atoms with Crippen LogP contribution in [0, 0.1) is 0 Å². The van der Waals surface area contributed by atoms with Crippen molar-refractivity contribution in [3.63, 3.8) is 0 Å². The van der Waals surface area contributed by atoms with Gasteiger partial charge in [-0.15, -0.1) is 0 Å². The predicted molar refractivity (Wildman–Crippen MR) is 64.9 cm³/mol. The summed E-state index contributed by atoms with van der Waals surface area (Å²) in [4.78, 5) is 12.1. The molecule has 3 heterocycles. The Balaban J connectivity index is 1.88. The number of aromatic nitrogens is 2. The molecule has 1 N–H and O–H groups in total. The summed E-state index contributed by atoms with van der Waals surface area (Å²) in [5.41, 5.74) is 0.966. The molecule has 0 bridgehead atoms. The van der Waals surface area contributed by atoms with Crippen molar-refractivity contribution in [3.8, 4) is 0 Å². The summed E-state index contributed by atoms with van der Waals surface area (Å²) < 4.78 is 0. The third-order valence-electron chi connectivity index (χ3n) is 2.89. The number of aliphatic hydroxyl groups excluding tert-OH is 1. The molecule has 0 spiro atoms. The van der Waals surface area contributed by atoms with Crippen LogP contribution >= 0.6 is 11.3 Å². The average molecular weight is 235 g/mol. The molecule has 5 heteroatoms. The molecule has 2 aromatic rings. The van der Waals surface area contributed by atoms with Crippen LogP contribution in [-0.2, 0) is 0 Å². The first-order valence-electron chi connectivity index (χ1n) is 5.47. The lowest BCUT2D eigenvalue weighted by atomic mass is 10.1. The van der Waals surface area contributed by atoms with Gasteiger partial charge in [0, 0.05) is 19.3 Å². The zero-order valence-corrected chi connectivity index (χ0v) is 9.65. The van der Waals surface area contributed by atoms with Crippen LogP contribution in [0.4, 0.5) is 5.13 Å². The second-order valence-corrected chi connectivity index (χ2v) is 5.00. The molecule has 0 radical (unpaired) electrons. The molecule has 2 aromatic heterocycles. The zero-order chi connectivity index (χ0) is 11.0. The molecule has 3 rings (SSSR count). The Morgan fingerprint density at radius 2 is 2.19 bits per heavy atom. The van der Waals surface area contributed by atoms with Gasteiger partial charge in [-0.2, -0.15) is 0 Å². The highest BCUT2D eigenvalue weighted by Gasteiger charge is 2.19. The van der Waals surface area contributed by atoms with Crippen LogP contribution in [-0.4, -0.2) is 34.3 Å². The Kier molecular flexibility index (Phi) is 2.49. The maximum atomic E-state index is 9.46. The van der Waals surface area contributed by atoms with Gasteiger partial charge < -0.3 is 10.0 Å². The third kappa shape index (κ3) is 1.76. The Morgan fingerprint density at radius 3 is 2.94 bits per heavy atom. The first-order chi connectivity index (χ1) is 7.83. The zero-order valence-electron chi connectivity index (χ0n) is 8.83. The summed E-state index contributed by atoms with van der Waals surface area (Å²) in [6.07, 6.45) is 3.33. The van der Waals surface area contributed by atoms with Crippen molar-refractivity contribution in [3.05, 3.63) is 18.3 Å². The van der Waals surface area contributed by atoms with E-state index in [9.17, 15) is 5.11 Å². The summed E-state index contributed by atoms with van der Waals surface area (Å²) in [5.74, 6) is 0. The molecular weight excluding hydrogens is 222 g/mol. The molecular formula is C11H13N3OS. The van der Waals surface area contributed by atoms with Crippen molar-refractivity contribution in [1.82, 2.24) is 9.97 Å². The second kappa shape index (κ2) is 3.99. The summed E-state index contributed by atoms with van der Waals surface area (Å²) in [6.45, 7) is 1.78. The maximum absolute atomic E-state index is 9.46. The van der Waals surface area contributed by atoms with Crippen LogP contribution in [0.5, 0.6) is 0 Å². The van der Waals surface area contributed by atoms with Gasteiger partial charge in [0.25, 0.3) is 0 Å². The fourth-order valence-electron chi connectivity index (χ4n) is 1.95. The van der Waals surface area contributed by atoms with Crippen LogP contribution in [0.2, 0.25) is 0 Å². The monoisotopic (exact) mass is 235 g/mol. The van der Waals surface area contributed by atoms with Gasteiger partial charge in [-0.05, 0) is 25.0 Å². The van der Waals surface area contributed by atoms with Gasteiger partial charge in [-0.3, -0.25) is 0 Å². The number of fused-ring (bicyclic) bond motifs is 1. The SMILES string of the molecule is OC1CCN(c2nc3cccnc3s2)CC1. The van der Waals surface area contributed by atoms with Crippen LogP contribution in [0.15, 0.2) is 18.3 Å². The van der Waals surface area contributed by atoms with E-state index in [1.807, 2.05) is 12.1 Å². The van der Waals surface area contributed by atoms with E-state index in [4.69, 9.17) is 0 Å². The Hall–Kier alpha value is -1.20. The van der Waals surface area contributed by atoms with Crippen molar-refractivity contribution >= 4 is 26.8 Å². The lowest BCUT2D eigenvalue weighted by Crippen LogP contribution is -2.35. The number of hydrogen-bond donors (Lipinski definition) is 1. The highest BCUT2D eigenvalue weighted by atomic mass is 32.1. The van der Waals surface area contributed by atoms with Gasteiger partial charge in [0.05, 0.1) is 6.10 Å². The highest BCUT2D eigenvalue weighted by molar-refractivity contribution is 7.21. The minimum absolute atomic E-state index is 0.135. The van der Waals surface area contributed by atoms with E-state index in [1.54, 1.807) is 17.5 Å². The van der Waals surface area contributed by atoms with Gasteiger partial charge in [0.1, 0.15) is 10.3 Å². The van der Waals surface area contributed by atoms with E-state index in [1.165, 1.54) is 0 Å². The average Bonchev–Trinajstić information content (AvgIpc) is 2.73. The van der Waals surface area contributed by atoms with Crippen molar-refractivity contribution in [2.75, 3.05) is 18.0 Å². The lowest BCUT2D eigenvalue weighted by Gasteiger charge is -2.28. The number of hydrogen-bond acceptors (Lipinski definition) is 5. The molecule has 1 fully saturated rings. The summed E-state index contributed by atoms with van der Waals surface area (Å²) in [6, 6.07) is 3.90. The summed E-state index contributed by atoms with van der Waals surface area (Å²) >= 11 is 1.63. The molecule has 1 aliphatic heterocycles. The molecule has 16 heavy (non-hydrogen) atoms. The van der Waals surface area contributed by atoms with Gasteiger partial charge in [-0.25, -0.2) is 9.97 Å². The van der Waals surface area contributed by atoms with Crippen LogP contribution in [0.3, 0.4) is 0 Å². The highest BCUT2D eigenvalue weighted by Crippen LogP contribution is 2.28. The number of thiazole rings is 1. The summed E-state index contributed by atoms with van der Waals surface area (Å²) in [7, 11) is 0. The number of anilines is 1. The van der Waals surface area contributed by atoms with E-state index in [0.717, 1.165) is 41.4 Å². The predicted octanol–water partition coefficient (Wildman–Crippen LogP) is 1.65. The molecule has 0 aliphatic carbocycles. The number of rotatable bonds is 1. The first kappa shape index (κ1) is 9.99.